The lowest BCUT2D eigenvalue weighted by Gasteiger charge is -2.33. The second-order valence-corrected chi connectivity index (χ2v) is 9.92. The van der Waals surface area contributed by atoms with Gasteiger partial charge in [0.2, 0.25) is 15.8 Å². The molecule has 0 bridgehead atoms. The van der Waals surface area contributed by atoms with E-state index in [-0.39, 0.29) is 17.4 Å². The van der Waals surface area contributed by atoms with E-state index < -0.39 is 16.1 Å². The number of hydrogen-bond donors (Lipinski definition) is 1. The Hall–Kier alpha value is -3.28. The van der Waals surface area contributed by atoms with Crippen LogP contribution in [0.25, 0.3) is 11.4 Å². The maximum atomic E-state index is 12.9. The second kappa shape index (κ2) is 11.0. The van der Waals surface area contributed by atoms with E-state index in [1.54, 1.807) is 43.0 Å². The fourth-order valence-electron chi connectivity index (χ4n) is 3.94. The molecule has 3 aromatic rings. The number of sulfonamides is 1. The molecule has 10 nitrogen and oxygen atoms in total. The standard InChI is InChI=1S/C24H29N5O5S/c1-3-28(4-2)35(31,32)20-12-10-18(11-13-20)23-26-24(34-27-23)21-16-25-14-15-29(21)22(30)17-33-19-8-6-5-7-9-19/h5-13,21,25H,3-4,14-17H2,1-2H3. The molecule has 0 aliphatic carbocycles. The zero-order chi connectivity index (χ0) is 24.8. The number of para-hydroxylation sites is 1. The molecular formula is C24H29N5O5S. The van der Waals surface area contributed by atoms with Gasteiger partial charge in [-0.1, -0.05) is 37.2 Å². The van der Waals surface area contributed by atoms with Crippen LogP contribution in [-0.2, 0) is 14.8 Å². The summed E-state index contributed by atoms with van der Waals surface area (Å²) in [5.41, 5.74) is 0.618. The number of hydrogen-bond acceptors (Lipinski definition) is 8. The van der Waals surface area contributed by atoms with Crippen molar-refractivity contribution < 1.29 is 22.5 Å². The Morgan fingerprint density at radius 3 is 2.54 bits per heavy atom. The Balaban J connectivity index is 1.48. The Bertz CT molecular complexity index is 1230. The molecule has 0 radical (unpaired) electrons. The maximum Gasteiger partial charge on any atom is 0.261 e. The second-order valence-electron chi connectivity index (χ2n) is 7.98. The summed E-state index contributed by atoms with van der Waals surface area (Å²) in [5, 5.41) is 7.32. The molecule has 1 atom stereocenters. The van der Waals surface area contributed by atoms with Gasteiger partial charge in [0, 0.05) is 38.3 Å². The van der Waals surface area contributed by atoms with Gasteiger partial charge >= 0.3 is 0 Å². The molecule has 1 fully saturated rings. The van der Waals surface area contributed by atoms with Gasteiger partial charge in [-0.2, -0.15) is 9.29 Å². The summed E-state index contributed by atoms with van der Waals surface area (Å²) < 4.78 is 38.0. The molecule has 2 heterocycles. The van der Waals surface area contributed by atoms with Crippen molar-refractivity contribution in [2.75, 3.05) is 39.3 Å². The summed E-state index contributed by atoms with van der Waals surface area (Å²) in [6.45, 7) is 5.92. The lowest BCUT2D eigenvalue weighted by Crippen LogP contribution is -2.50. The largest absolute Gasteiger partial charge is 0.484 e. The van der Waals surface area contributed by atoms with E-state index in [0.717, 1.165) is 0 Å². The third-order valence-corrected chi connectivity index (χ3v) is 7.92. The molecule has 0 spiro atoms. The number of carbonyl (C=O) groups excluding carboxylic acids is 1. The fourth-order valence-corrected chi connectivity index (χ4v) is 5.40. The van der Waals surface area contributed by atoms with Crippen LogP contribution in [0.1, 0.15) is 25.8 Å². The van der Waals surface area contributed by atoms with Crippen LogP contribution >= 0.6 is 0 Å². The Kier molecular flexibility index (Phi) is 7.79. The molecule has 1 aromatic heterocycles. The molecule has 1 unspecified atom stereocenters. The summed E-state index contributed by atoms with van der Waals surface area (Å²) in [5.74, 6) is 1.08. The van der Waals surface area contributed by atoms with Gasteiger partial charge in [0.05, 0.1) is 4.90 Å². The molecule has 11 heteroatoms. The van der Waals surface area contributed by atoms with E-state index in [9.17, 15) is 13.2 Å². The number of rotatable bonds is 9. The summed E-state index contributed by atoms with van der Waals surface area (Å²) in [6.07, 6.45) is 0. The van der Waals surface area contributed by atoms with Gasteiger partial charge in [-0.3, -0.25) is 4.79 Å². The van der Waals surface area contributed by atoms with E-state index in [2.05, 4.69) is 15.5 Å². The van der Waals surface area contributed by atoms with Crippen molar-refractivity contribution in [3.05, 3.63) is 60.5 Å². The van der Waals surface area contributed by atoms with Gasteiger partial charge in [0.1, 0.15) is 11.8 Å². The first-order valence-electron chi connectivity index (χ1n) is 11.6. The molecule has 1 amide bonds. The lowest BCUT2D eigenvalue weighted by molar-refractivity contribution is -0.137. The number of carbonyl (C=O) groups is 1. The molecule has 1 saturated heterocycles. The molecule has 4 rings (SSSR count). The van der Waals surface area contributed by atoms with Crippen molar-refractivity contribution in [2.45, 2.75) is 24.8 Å². The highest BCUT2D eigenvalue weighted by molar-refractivity contribution is 7.89. The highest BCUT2D eigenvalue weighted by Crippen LogP contribution is 2.26. The first kappa shape index (κ1) is 24.8. The van der Waals surface area contributed by atoms with Crippen LogP contribution in [0.15, 0.2) is 64.0 Å². The number of nitrogens with zero attached hydrogens (tertiary/aromatic N) is 4. The minimum absolute atomic E-state index is 0.0933. The first-order chi connectivity index (χ1) is 16.9. The highest BCUT2D eigenvalue weighted by Gasteiger charge is 2.32. The quantitative estimate of drug-likeness (QED) is 0.477. The van der Waals surface area contributed by atoms with E-state index in [1.165, 1.54) is 16.4 Å². The van der Waals surface area contributed by atoms with Crippen LogP contribution in [0.2, 0.25) is 0 Å². The summed E-state index contributed by atoms with van der Waals surface area (Å²) in [7, 11) is -3.55. The molecule has 1 aliphatic rings. The third-order valence-electron chi connectivity index (χ3n) is 5.85. The van der Waals surface area contributed by atoms with Crippen LogP contribution in [0.4, 0.5) is 0 Å². The molecule has 2 aromatic carbocycles. The van der Waals surface area contributed by atoms with Crippen LogP contribution in [0, 0.1) is 0 Å². The number of amides is 1. The van der Waals surface area contributed by atoms with Gasteiger partial charge in [-0.05, 0) is 36.4 Å². The Morgan fingerprint density at radius 2 is 1.86 bits per heavy atom. The third kappa shape index (κ3) is 5.53. The van der Waals surface area contributed by atoms with Crippen LogP contribution in [-0.4, -0.2) is 73.0 Å². The molecule has 1 aliphatic heterocycles. The van der Waals surface area contributed by atoms with E-state index in [1.807, 2.05) is 18.2 Å². The lowest BCUT2D eigenvalue weighted by atomic mass is 10.2. The van der Waals surface area contributed by atoms with E-state index in [4.69, 9.17) is 9.26 Å². The van der Waals surface area contributed by atoms with Crippen molar-refractivity contribution in [3.8, 4) is 17.1 Å². The number of nitrogens with one attached hydrogen (secondary N) is 1. The number of benzene rings is 2. The molecule has 0 saturated carbocycles. The maximum absolute atomic E-state index is 12.9. The normalized spacial score (nSPS) is 16.4. The average molecular weight is 500 g/mol. The smallest absolute Gasteiger partial charge is 0.261 e. The molecule has 186 valence electrons. The number of piperazine rings is 1. The van der Waals surface area contributed by atoms with Gasteiger partial charge in [0.15, 0.2) is 6.61 Å². The molecular weight excluding hydrogens is 470 g/mol. The fraction of sp³-hybridized carbons (Fsp3) is 0.375. The van der Waals surface area contributed by atoms with Gasteiger partial charge < -0.3 is 19.5 Å². The van der Waals surface area contributed by atoms with Crippen molar-refractivity contribution in [1.29, 1.82) is 0 Å². The van der Waals surface area contributed by atoms with Crippen LogP contribution in [0.3, 0.4) is 0 Å². The van der Waals surface area contributed by atoms with Crippen molar-refractivity contribution >= 4 is 15.9 Å². The Morgan fingerprint density at radius 1 is 1.14 bits per heavy atom. The van der Waals surface area contributed by atoms with Crippen LogP contribution in [0.5, 0.6) is 5.75 Å². The molecule has 35 heavy (non-hydrogen) atoms. The van der Waals surface area contributed by atoms with E-state index >= 15 is 0 Å². The SMILES string of the molecule is CCN(CC)S(=O)(=O)c1ccc(-c2noc(C3CNCCN3C(=O)COc3ccccc3)n2)cc1. The minimum Gasteiger partial charge on any atom is -0.484 e. The summed E-state index contributed by atoms with van der Waals surface area (Å²) in [4.78, 5) is 19.3. The van der Waals surface area contributed by atoms with E-state index in [0.29, 0.717) is 55.8 Å². The van der Waals surface area contributed by atoms with Crippen molar-refractivity contribution in [3.63, 3.8) is 0 Å². The topological polar surface area (TPSA) is 118 Å². The first-order valence-corrected chi connectivity index (χ1v) is 13.0. The zero-order valence-electron chi connectivity index (χ0n) is 19.8. The minimum atomic E-state index is -3.55. The highest BCUT2D eigenvalue weighted by atomic mass is 32.2. The zero-order valence-corrected chi connectivity index (χ0v) is 20.6. The van der Waals surface area contributed by atoms with Crippen molar-refractivity contribution in [2.24, 2.45) is 0 Å². The summed E-state index contributed by atoms with van der Waals surface area (Å²) in [6, 6.07) is 15.1. The Labute approximate surface area is 204 Å². The van der Waals surface area contributed by atoms with Gasteiger partial charge in [0.25, 0.3) is 11.8 Å². The average Bonchev–Trinajstić information content (AvgIpc) is 3.39. The predicted molar refractivity (Wildman–Crippen MR) is 129 cm³/mol. The molecule has 1 N–H and O–H groups in total. The van der Waals surface area contributed by atoms with Crippen LogP contribution < -0.4 is 10.1 Å². The van der Waals surface area contributed by atoms with Gasteiger partial charge in [-0.15, -0.1) is 0 Å². The van der Waals surface area contributed by atoms with Crippen molar-refractivity contribution in [1.82, 2.24) is 24.7 Å². The number of aromatic nitrogens is 2. The number of ether oxygens (including phenoxy) is 1. The monoisotopic (exact) mass is 499 g/mol. The predicted octanol–water partition coefficient (Wildman–Crippen LogP) is 2.32. The summed E-state index contributed by atoms with van der Waals surface area (Å²) >= 11 is 0. The van der Waals surface area contributed by atoms with Gasteiger partial charge in [-0.25, -0.2) is 8.42 Å².